The molecule has 0 bridgehead atoms. The zero-order valence-electron chi connectivity index (χ0n) is 11.4. The van der Waals surface area contributed by atoms with Gasteiger partial charge in [0.2, 0.25) is 5.91 Å². The van der Waals surface area contributed by atoms with Crippen LogP contribution in [-0.2, 0) is 14.6 Å². The van der Waals surface area contributed by atoms with Gasteiger partial charge in [0, 0.05) is 6.04 Å². The second-order valence-corrected chi connectivity index (χ2v) is 7.45. The van der Waals surface area contributed by atoms with Crippen molar-refractivity contribution in [1.29, 1.82) is 0 Å². The zero-order valence-corrected chi connectivity index (χ0v) is 12.2. The van der Waals surface area contributed by atoms with Crippen molar-refractivity contribution in [2.45, 2.75) is 45.7 Å². The van der Waals surface area contributed by atoms with Crippen molar-refractivity contribution in [3.05, 3.63) is 0 Å². The first-order valence-corrected chi connectivity index (χ1v) is 8.40. The summed E-state index contributed by atoms with van der Waals surface area (Å²) in [5, 5.41) is 6.02. The van der Waals surface area contributed by atoms with Crippen LogP contribution in [0.4, 0.5) is 0 Å². The number of carbonyl (C=O) groups is 1. The molecule has 0 saturated carbocycles. The van der Waals surface area contributed by atoms with Crippen molar-refractivity contribution in [2.24, 2.45) is 5.92 Å². The molecule has 2 N–H and O–H groups in total. The molecule has 106 valence electrons. The van der Waals surface area contributed by atoms with E-state index in [4.69, 9.17) is 0 Å². The van der Waals surface area contributed by atoms with Crippen LogP contribution in [0.2, 0.25) is 0 Å². The molecule has 0 aromatic carbocycles. The van der Waals surface area contributed by atoms with Crippen LogP contribution >= 0.6 is 0 Å². The highest BCUT2D eigenvalue weighted by Crippen LogP contribution is 2.17. The summed E-state index contributed by atoms with van der Waals surface area (Å²) in [7, 11) is -2.83. The van der Waals surface area contributed by atoms with Gasteiger partial charge < -0.3 is 10.6 Å². The molecule has 0 aliphatic carbocycles. The molecular formula is C12H24N2O3S. The van der Waals surface area contributed by atoms with Gasteiger partial charge in [0.15, 0.2) is 9.84 Å². The maximum atomic E-state index is 11.8. The fourth-order valence-electron chi connectivity index (χ4n) is 1.94. The maximum Gasteiger partial charge on any atom is 0.237 e. The summed E-state index contributed by atoms with van der Waals surface area (Å²) in [6.45, 7) is 6.39. The summed E-state index contributed by atoms with van der Waals surface area (Å²) >= 11 is 0. The molecule has 0 aromatic rings. The Balaban J connectivity index is 2.29. The molecule has 1 rings (SSSR count). The Kier molecular flexibility index (Phi) is 5.59. The third-order valence-electron chi connectivity index (χ3n) is 3.43. The van der Waals surface area contributed by atoms with Gasteiger partial charge in [-0.2, -0.15) is 0 Å². The molecule has 1 heterocycles. The third-order valence-corrected chi connectivity index (χ3v) is 5.27. The van der Waals surface area contributed by atoms with Gasteiger partial charge in [0.25, 0.3) is 0 Å². The molecule has 1 amide bonds. The number of hydrogen-bond acceptors (Lipinski definition) is 4. The standard InChI is InChI=1S/C12H24N2O3S/c1-4-9(2)14-12(15)10(3)13-7-11-5-6-18(16,17)8-11/h9-11,13H,4-8H2,1-3H3,(H,14,15). The predicted molar refractivity (Wildman–Crippen MR) is 72.1 cm³/mol. The lowest BCUT2D eigenvalue weighted by molar-refractivity contribution is -0.123. The molecule has 1 aliphatic rings. The number of nitrogens with one attached hydrogen (secondary N) is 2. The largest absolute Gasteiger partial charge is 0.352 e. The molecular weight excluding hydrogens is 252 g/mol. The second kappa shape index (κ2) is 6.52. The molecule has 1 fully saturated rings. The van der Waals surface area contributed by atoms with Gasteiger partial charge in [-0.05, 0) is 39.2 Å². The highest BCUT2D eigenvalue weighted by Gasteiger charge is 2.28. The lowest BCUT2D eigenvalue weighted by Gasteiger charge is -2.18. The molecule has 0 spiro atoms. The summed E-state index contributed by atoms with van der Waals surface area (Å²) in [4.78, 5) is 11.8. The van der Waals surface area contributed by atoms with Crippen LogP contribution in [0.5, 0.6) is 0 Å². The fraction of sp³-hybridized carbons (Fsp3) is 0.917. The Morgan fingerprint density at radius 3 is 2.56 bits per heavy atom. The quantitative estimate of drug-likeness (QED) is 0.732. The number of amides is 1. The minimum absolute atomic E-state index is 0.0230. The van der Waals surface area contributed by atoms with E-state index in [0.29, 0.717) is 13.0 Å². The number of hydrogen-bond donors (Lipinski definition) is 2. The van der Waals surface area contributed by atoms with E-state index in [-0.39, 0.29) is 35.4 Å². The third kappa shape index (κ3) is 4.94. The van der Waals surface area contributed by atoms with Crippen LogP contribution in [-0.4, -0.2) is 44.5 Å². The molecule has 18 heavy (non-hydrogen) atoms. The second-order valence-electron chi connectivity index (χ2n) is 5.22. The molecule has 5 nitrogen and oxygen atoms in total. The van der Waals surface area contributed by atoms with Gasteiger partial charge in [0.05, 0.1) is 17.5 Å². The topological polar surface area (TPSA) is 75.3 Å². The average Bonchev–Trinajstić information content (AvgIpc) is 2.65. The summed E-state index contributed by atoms with van der Waals surface area (Å²) < 4.78 is 22.6. The minimum Gasteiger partial charge on any atom is -0.352 e. The predicted octanol–water partition coefficient (Wildman–Crippen LogP) is 0.314. The number of sulfone groups is 1. The Morgan fingerprint density at radius 2 is 2.06 bits per heavy atom. The highest BCUT2D eigenvalue weighted by molar-refractivity contribution is 7.91. The number of rotatable bonds is 6. The molecule has 6 heteroatoms. The summed E-state index contributed by atoms with van der Waals surface area (Å²) in [5.74, 6) is 0.658. The Labute approximate surface area is 110 Å². The lowest BCUT2D eigenvalue weighted by Crippen LogP contribution is -2.46. The van der Waals surface area contributed by atoms with E-state index >= 15 is 0 Å². The molecule has 1 aliphatic heterocycles. The monoisotopic (exact) mass is 276 g/mol. The summed E-state index contributed by atoms with van der Waals surface area (Å²) in [6, 6.07) is -0.101. The van der Waals surface area contributed by atoms with Crippen LogP contribution in [0.1, 0.15) is 33.6 Å². The lowest BCUT2D eigenvalue weighted by atomic mass is 10.1. The molecule has 0 radical (unpaired) electrons. The van der Waals surface area contributed by atoms with E-state index in [9.17, 15) is 13.2 Å². The van der Waals surface area contributed by atoms with Crippen LogP contribution in [0.25, 0.3) is 0 Å². The average molecular weight is 276 g/mol. The van der Waals surface area contributed by atoms with Gasteiger partial charge in [-0.3, -0.25) is 4.79 Å². The molecule has 1 saturated heterocycles. The van der Waals surface area contributed by atoms with Crippen molar-refractivity contribution in [3.8, 4) is 0 Å². The smallest absolute Gasteiger partial charge is 0.237 e. The molecule has 3 atom stereocenters. The van der Waals surface area contributed by atoms with Gasteiger partial charge in [-0.25, -0.2) is 8.42 Å². The van der Waals surface area contributed by atoms with Crippen LogP contribution < -0.4 is 10.6 Å². The summed E-state index contributed by atoms with van der Waals surface area (Å²) in [6.07, 6.45) is 1.61. The van der Waals surface area contributed by atoms with E-state index < -0.39 is 9.84 Å². The molecule has 0 aromatic heterocycles. The van der Waals surface area contributed by atoms with E-state index in [1.807, 2.05) is 13.8 Å². The number of carbonyl (C=O) groups excluding carboxylic acids is 1. The van der Waals surface area contributed by atoms with Gasteiger partial charge in [-0.15, -0.1) is 0 Å². The van der Waals surface area contributed by atoms with E-state index in [2.05, 4.69) is 10.6 Å². The minimum atomic E-state index is -2.83. The van der Waals surface area contributed by atoms with Gasteiger partial charge in [-0.1, -0.05) is 6.92 Å². The normalized spacial score (nSPS) is 25.6. The van der Waals surface area contributed by atoms with Crippen LogP contribution in [0, 0.1) is 5.92 Å². The Morgan fingerprint density at radius 1 is 1.39 bits per heavy atom. The van der Waals surface area contributed by atoms with Crippen LogP contribution in [0.15, 0.2) is 0 Å². The van der Waals surface area contributed by atoms with Crippen molar-refractivity contribution in [2.75, 3.05) is 18.1 Å². The van der Waals surface area contributed by atoms with Crippen LogP contribution in [0.3, 0.4) is 0 Å². The first kappa shape index (κ1) is 15.4. The van der Waals surface area contributed by atoms with Crippen molar-refractivity contribution in [1.82, 2.24) is 10.6 Å². The first-order valence-electron chi connectivity index (χ1n) is 6.58. The Bertz CT molecular complexity index is 381. The van der Waals surface area contributed by atoms with Crippen molar-refractivity contribution < 1.29 is 13.2 Å². The zero-order chi connectivity index (χ0) is 13.8. The molecule has 3 unspecified atom stereocenters. The SMILES string of the molecule is CCC(C)NC(=O)C(C)NCC1CCS(=O)(=O)C1. The van der Waals surface area contributed by atoms with Crippen molar-refractivity contribution >= 4 is 15.7 Å². The van der Waals surface area contributed by atoms with E-state index in [0.717, 1.165) is 6.42 Å². The van der Waals surface area contributed by atoms with E-state index in [1.54, 1.807) is 6.92 Å². The highest BCUT2D eigenvalue weighted by atomic mass is 32.2. The summed E-state index contributed by atoms with van der Waals surface area (Å²) in [5.41, 5.74) is 0. The Hall–Kier alpha value is -0.620. The van der Waals surface area contributed by atoms with Gasteiger partial charge >= 0.3 is 0 Å². The first-order chi connectivity index (χ1) is 8.34. The maximum absolute atomic E-state index is 11.8. The van der Waals surface area contributed by atoms with Crippen molar-refractivity contribution in [3.63, 3.8) is 0 Å². The van der Waals surface area contributed by atoms with Gasteiger partial charge in [0.1, 0.15) is 0 Å². The fourth-order valence-corrected chi connectivity index (χ4v) is 3.80. The van der Waals surface area contributed by atoms with E-state index in [1.165, 1.54) is 0 Å².